The number of rotatable bonds is 5. The van der Waals surface area contributed by atoms with Crippen LogP contribution in [0.2, 0.25) is 0 Å². The van der Waals surface area contributed by atoms with Gasteiger partial charge in [0.2, 0.25) is 0 Å². The minimum absolute atomic E-state index is 0.966. The Labute approximate surface area is 104 Å². The molecule has 5 heteroatoms. The Balaban J connectivity index is 2.18. The summed E-state index contributed by atoms with van der Waals surface area (Å²) >= 11 is 3.33. The highest BCUT2D eigenvalue weighted by molar-refractivity contribution is 7.15. The minimum Gasteiger partial charge on any atom is -0.362 e. The molecule has 2 aromatic heterocycles. The molecule has 0 aromatic carbocycles. The Morgan fingerprint density at radius 2 is 2.19 bits per heavy atom. The van der Waals surface area contributed by atoms with E-state index in [9.17, 15) is 0 Å². The van der Waals surface area contributed by atoms with Crippen LogP contribution < -0.4 is 5.32 Å². The Bertz CT molecular complexity index is 448. The van der Waals surface area contributed by atoms with Gasteiger partial charge in [-0.3, -0.25) is 0 Å². The van der Waals surface area contributed by atoms with Crippen molar-refractivity contribution in [2.75, 3.05) is 11.9 Å². The molecule has 0 atom stereocenters. The maximum absolute atomic E-state index is 4.58. The fraction of sp³-hybridized carbons (Fsp3) is 0.455. The SMILES string of the molecule is CCCNc1nc(-c2scnc2CC)cs1. The molecule has 0 radical (unpaired) electrons. The van der Waals surface area contributed by atoms with Crippen LogP contribution in [0.5, 0.6) is 0 Å². The number of nitrogens with one attached hydrogen (secondary N) is 1. The van der Waals surface area contributed by atoms with Crippen LogP contribution in [0.15, 0.2) is 10.9 Å². The summed E-state index contributed by atoms with van der Waals surface area (Å²) in [5, 5.41) is 6.41. The molecule has 0 aliphatic carbocycles. The van der Waals surface area contributed by atoms with E-state index in [4.69, 9.17) is 0 Å². The second-order valence-electron chi connectivity index (χ2n) is 3.45. The largest absolute Gasteiger partial charge is 0.362 e. The second-order valence-corrected chi connectivity index (χ2v) is 5.16. The molecule has 2 aromatic rings. The molecule has 0 saturated carbocycles. The minimum atomic E-state index is 0.966. The summed E-state index contributed by atoms with van der Waals surface area (Å²) in [6, 6.07) is 0. The van der Waals surface area contributed by atoms with Gasteiger partial charge in [0.15, 0.2) is 5.13 Å². The predicted molar refractivity (Wildman–Crippen MR) is 71.4 cm³/mol. The van der Waals surface area contributed by atoms with Gasteiger partial charge in [-0.05, 0) is 12.8 Å². The first kappa shape index (κ1) is 11.5. The molecule has 0 aliphatic rings. The van der Waals surface area contributed by atoms with E-state index in [-0.39, 0.29) is 0 Å². The molecule has 16 heavy (non-hydrogen) atoms. The van der Waals surface area contributed by atoms with Crippen LogP contribution in [0.25, 0.3) is 10.6 Å². The number of hydrogen-bond acceptors (Lipinski definition) is 5. The van der Waals surface area contributed by atoms with Gasteiger partial charge in [0, 0.05) is 11.9 Å². The Hall–Kier alpha value is -0.940. The summed E-state index contributed by atoms with van der Waals surface area (Å²) in [7, 11) is 0. The van der Waals surface area contributed by atoms with Crippen LogP contribution in [0.1, 0.15) is 26.0 Å². The number of anilines is 1. The lowest BCUT2D eigenvalue weighted by Crippen LogP contribution is -1.98. The summed E-state index contributed by atoms with van der Waals surface area (Å²) in [4.78, 5) is 10.1. The third-order valence-electron chi connectivity index (χ3n) is 2.24. The van der Waals surface area contributed by atoms with Gasteiger partial charge in [-0.2, -0.15) is 0 Å². The van der Waals surface area contributed by atoms with Crippen molar-refractivity contribution in [2.24, 2.45) is 0 Å². The van der Waals surface area contributed by atoms with Crippen molar-refractivity contribution in [2.45, 2.75) is 26.7 Å². The fourth-order valence-corrected chi connectivity index (χ4v) is 3.07. The molecule has 86 valence electrons. The first-order valence-electron chi connectivity index (χ1n) is 5.47. The molecular formula is C11H15N3S2. The lowest BCUT2D eigenvalue weighted by molar-refractivity contribution is 0.976. The predicted octanol–water partition coefficient (Wildman–Crippen LogP) is 3.65. The third-order valence-corrected chi connectivity index (χ3v) is 3.93. The third kappa shape index (κ3) is 2.41. The summed E-state index contributed by atoms with van der Waals surface area (Å²) in [5.74, 6) is 0. The quantitative estimate of drug-likeness (QED) is 0.884. The van der Waals surface area contributed by atoms with E-state index in [0.717, 1.165) is 35.9 Å². The van der Waals surface area contributed by atoms with E-state index >= 15 is 0 Å². The van der Waals surface area contributed by atoms with E-state index in [1.54, 1.807) is 22.7 Å². The topological polar surface area (TPSA) is 37.8 Å². The van der Waals surface area contributed by atoms with Crippen LogP contribution in [0.4, 0.5) is 5.13 Å². The van der Waals surface area contributed by atoms with E-state index in [2.05, 4.69) is 34.5 Å². The number of thiazole rings is 2. The van der Waals surface area contributed by atoms with Crippen molar-refractivity contribution in [1.82, 2.24) is 9.97 Å². The molecule has 0 aliphatic heterocycles. The average Bonchev–Trinajstić information content (AvgIpc) is 2.94. The van der Waals surface area contributed by atoms with Crippen molar-refractivity contribution < 1.29 is 0 Å². The molecule has 0 unspecified atom stereocenters. The van der Waals surface area contributed by atoms with Crippen LogP contribution in [0.3, 0.4) is 0 Å². The zero-order valence-electron chi connectivity index (χ0n) is 9.49. The molecular weight excluding hydrogens is 238 g/mol. The number of aromatic nitrogens is 2. The Kier molecular flexibility index (Phi) is 3.90. The highest BCUT2D eigenvalue weighted by atomic mass is 32.1. The summed E-state index contributed by atoms with van der Waals surface area (Å²) in [6.45, 7) is 5.26. The van der Waals surface area contributed by atoms with Crippen LogP contribution in [-0.4, -0.2) is 16.5 Å². The van der Waals surface area contributed by atoms with Crippen molar-refractivity contribution in [3.8, 4) is 10.6 Å². The van der Waals surface area contributed by atoms with Gasteiger partial charge in [0.25, 0.3) is 0 Å². The monoisotopic (exact) mass is 253 g/mol. The van der Waals surface area contributed by atoms with Crippen LogP contribution >= 0.6 is 22.7 Å². The number of aryl methyl sites for hydroxylation is 1. The lowest BCUT2D eigenvalue weighted by atomic mass is 10.2. The van der Waals surface area contributed by atoms with E-state index in [0.29, 0.717) is 0 Å². The van der Waals surface area contributed by atoms with E-state index in [1.807, 2.05) is 5.51 Å². The molecule has 1 N–H and O–H groups in total. The molecule has 2 rings (SSSR count). The van der Waals surface area contributed by atoms with E-state index in [1.165, 1.54) is 4.88 Å². The molecule has 0 bridgehead atoms. The van der Waals surface area contributed by atoms with Gasteiger partial charge in [0.1, 0.15) is 0 Å². The van der Waals surface area contributed by atoms with Gasteiger partial charge in [-0.15, -0.1) is 22.7 Å². The van der Waals surface area contributed by atoms with E-state index < -0.39 is 0 Å². The average molecular weight is 253 g/mol. The van der Waals surface area contributed by atoms with Gasteiger partial charge < -0.3 is 5.32 Å². The fourth-order valence-electron chi connectivity index (χ4n) is 1.42. The lowest BCUT2D eigenvalue weighted by Gasteiger charge is -1.97. The Morgan fingerprint density at radius 1 is 1.31 bits per heavy atom. The first-order chi connectivity index (χ1) is 7.85. The van der Waals surface area contributed by atoms with Gasteiger partial charge in [-0.1, -0.05) is 13.8 Å². The number of hydrogen-bond donors (Lipinski definition) is 1. The maximum Gasteiger partial charge on any atom is 0.183 e. The number of nitrogens with zero attached hydrogens (tertiary/aromatic N) is 2. The van der Waals surface area contributed by atoms with Gasteiger partial charge in [0.05, 0.1) is 21.8 Å². The summed E-state index contributed by atoms with van der Waals surface area (Å²) in [6.07, 6.45) is 2.09. The highest BCUT2D eigenvalue weighted by Crippen LogP contribution is 2.30. The zero-order valence-corrected chi connectivity index (χ0v) is 11.1. The smallest absolute Gasteiger partial charge is 0.183 e. The highest BCUT2D eigenvalue weighted by Gasteiger charge is 2.10. The van der Waals surface area contributed by atoms with Crippen molar-refractivity contribution in [1.29, 1.82) is 0 Å². The normalized spacial score (nSPS) is 10.6. The van der Waals surface area contributed by atoms with Crippen LogP contribution in [-0.2, 0) is 6.42 Å². The van der Waals surface area contributed by atoms with Crippen molar-refractivity contribution >= 4 is 27.8 Å². The standard InChI is InChI=1S/C11H15N3S2/c1-3-5-12-11-14-9(6-15-11)10-8(4-2)13-7-16-10/h6-7H,3-5H2,1-2H3,(H,12,14). The molecule has 2 heterocycles. The van der Waals surface area contributed by atoms with Crippen molar-refractivity contribution in [3.05, 3.63) is 16.6 Å². The Morgan fingerprint density at radius 3 is 2.94 bits per heavy atom. The molecule has 0 fully saturated rings. The zero-order chi connectivity index (χ0) is 11.4. The summed E-state index contributed by atoms with van der Waals surface area (Å²) in [5.41, 5.74) is 4.10. The van der Waals surface area contributed by atoms with Crippen molar-refractivity contribution in [3.63, 3.8) is 0 Å². The molecule has 0 amide bonds. The van der Waals surface area contributed by atoms with Gasteiger partial charge in [-0.25, -0.2) is 9.97 Å². The van der Waals surface area contributed by atoms with Gasteiger partial charge >= 0.3 is 0 Å². The molecule has 0 saturated heterocycles. The molecule has 3 nitrogen and oxygen atoms in total. The maximum atomic E-state index is 4.58. The second kappa shape index (κ2) is 5.41. The van der Waals surface area contributed by atoms with Crippen LogP contribution in [0, 0.1) is 0 Å². The first-order valence-corrected chi connectivity index (χ1v) is 7.23. The molecule has 0 spiro atoms. The summed E-state index contributed by atoms with van der Waals surface area (Å²) < 4.78 is 0.